The van der Waals surface area contributed by atoms with Gasteiger partial charge in [-0.25, -0.2) is 9.78 Å². The van der Waals surface area contributed by atoms with Gasteiger partial charge < -0.3 is 14.4 Å². The van der Waals surface area contributed by atoms with Crippen molar-refractivity contribution in [2.45, 2.75) is 31.4 Å². The highest BCUT2D eigenvalue weighted by atomic mass is 35.5. The first-order valence-corrected chi connectivity index (χ1v) is 10.6. The van der Waals surface area contributed by atoms with E-state index in [9.17, 15) is 23.2 Å². The van der Waals surface area contributed by atoms with Crippen LogP contribution in [0.3, 0.4) is 0 Å². The van der Waals surface area contributed by atoms with E-state index in [1.54, 1.807) is 0 Å². The third-order valence-electron chi connectivity index (χ3n) is 5.93. The molecule has 2 heterocycles. The molecule has 0 unspecified atom stereocenters. The summed E-state index contributed by atoms with van der Waals surface area (Å²) >= 11 is 12.4. The lowest BCUT2D eigenvalue weighted by molar-refractivity contribution is -0.193. The Balaban J connectivity index is 1.99. The highest BCUT2D eigenvalue weighted by Gasteiger charge is 2.57. The molecule has 3 rings (SSSR count). The molecular formula is C23H18Cl2F3N3O3. The van der Waals surface area contributed by atoms with Crippen LogP contribution in [-0.2, 0) is 12.5 Å². The number of aromatic carboxylic acids is 1. The molecule has 34 heavy (non-hydrogen) atoms. The molecule has 2 aromatic heterocycles. The lowest BCUT2D eigenvalue weighted by Gasteiger charge is -2.38. The van der Waals surface area contributed by atoms with Gasteiger partial charge in [0.1, 0.15) is 28.0 Å². The number of hydrogen-bond acceptors (Lipinski definition) is 4. The Kier molecular flexibility index (Phi) is 6.87. The Morgan fingerprint density at radius 2 is 1.88 bits per heavy atom. The molecule has 1 aromatic carbocycles. The molecule has 0 radical (unpaired) electrons. The summed E-state index contributed by atoms with van der Waals surface area (Å²) < 4.78 is 50.0. The summed E-state index contributed by atoms with van der Waals surface area (Å²) in [7, 11) is 1.41. The SMILES string of the molecule is C[C@H](c1ccc(Oc2ncc(C(=O)O)cc2Cl)cc1Cl)[C@@](C)(c1ccc(C#N)n1C)C(F)(F)F. The van der Waals surface area contributed by atoms with Crippen molar-refractivity contribution in [1.82, 2.24) is 9.55 Å². The van der Waals surface area contributed by atoms with Gasteiger partial charge in [-0.05, 0) is 42.8 Å². The second-order valence-electron chi connectivity index (χ2n) is 7.80. The largest absolute Gasteiger partial charge is 0.478 e. The predicted molar refractivity (Wildman–Crippen MR) is 120 cm³/mol. The molecule has 0 aliphatic carbocycles. The molecule has 11 heteroatoms. The third kappa shape index (κ3) is 4.43. The number of alkyl halides is 3. The van der Waals surface area contributed by atoms with E-state index in [-0.39, 0.29) is 44.2 Å². The topological polar surface area (TPSA) is 88.1 Å². The first kappa shape index (κ1) is 25.4. The van der Waals surface area contributed by atoms with Gasteiger partial charge in [-0.3, -0.25) is 0 Å². The van der Waals surface area contributed by atoms with Gasteiger partial charge in [-0.1, -0.05) is 36.2 Å². The predicted octanol–water partition coefficient (Wildman–Crippen LogP) is 6.71. The number of nitriles is 1. The van der Waals surface area contributed by atoms with Gasteiger partial charge in [0.15, 0.2) is 0 Å². The van der Waals surface area contributed by atoms with Crippen LogP contribution in [0, 0.1) is 11.3 Å². The maximum atomic E-state index is 14.4. The summed E-state index contributed by atoms with van der Waals surface area (Å²) in [6.07, 6.45) is -3.60. The fourth-order valence-corrected chi connectivity index (χ4v) is 4.26. The number of benzene rings is 1. The van der Waals surface area contributed by atoms with Crippen molar-refractivity contribution in [3.8, 4) is 17.7 Å². The van der Waals surface area contributed by atoms with Crippen molar-refractivity contribution in [2.24, 2.45) is 7.05 Å². The fraction of sp³-hybridized carbons (Fsp3) is 0.261. The average Bonchev–Trinajstić information content (AvgIpc) is 3.14. The van der Waals surface area contributed by atoms with Crippen molar-refractivity contribution >= 4 is 29.2 Å². The standard InChI is InChI=1S/C23H18Cl2F3N3O3/c1-12(22(2,23(26,27)28)19-7-4-14(10-29)31(19)3)16-6-5-15(9-17(16)24)34-20-18(25)8-13(11-30-20)21(32)33/h4-9,11-12H,1-3H3,(H,32,33)/t12-,22+/m1/s1. The van der Waals surface area contributed by atoms with Crippen LogP contribution in [0.25, 0.3) is 0 Å². The molecule has 0 aliphatic rings. The van der Waals surface area contributed by atoms with Crippen molar-refractivity contribution in [2.75, 3.05) is 0 Å². The van der Waals surface area contributed by atoms with Gasteiger partial charge >= 0.3 is 12.1 Å². The van der Waals surface area contributed by atoms with Gasteiger partial charge in [0.25, 0.3) is 0 Å². The number of carbonyl (C=O) groups is 1. The van der Waals surface area contributed by atoms with Gasteiger partial charge in [0.2, 0.25) is 5.88 Å². The van der Waals surface area contributed by atoms with E-state index >= 15 is 0 Å². The van der Waals surface area contributed by atoms with E-state index in [4.69, 9.17) is 33.0 Å². The Morgan fingerprint density at radius 1 is 1.21 bits per heavy atom. The Bertz CT molecular complexity index is 1300. The van der Waals surface area contributed by atoms with E-state index in [0.29, 0.717) is 0 Å². The second kappa shape index (κ2) is 9.20. The van der Waals surface area contributed by atoms with Gasteiger partial charge in [-0.2, -0.15) is 18.4 Å². The highest BCUT2D eigenvalue weighted by Crippen LogP contribution is 2.52. The first-order valence-electron chi connectivity index (χ1n) is 9.80. The number of rotatable bonds is 6. The summed E-state index contributed by atoms with van der Waals surface area (Å²) in [6, 6.07) is 9.85. The molecule has 2 atom stereocenters. The number of pyridine rings is 1. The molecule has 0 bridgehead atoms. The molecule has 0 amide bonds. The highest BCUT2D eigenvalue weighted by molar-refractivity contribution is 6.32. The van der Waals surface area contributed by atoms with Crippen molar-refractivity contribution in [3.05, 3.63) is 75.2 Å². The Hall–Kier alpha value is -3.22. The third-order valence-corrected chi connectivity index (χ3v) is 6.53. The lowest BCUT2D eigenvalue weighted by Crippen LogP contribution is -2.45. The van der Waals surface area contributed by atoms with Crippen LogP contribution in [0.5, 0.6) is 11.6 Å². The van der Waals surface area contributed by atoms with Crippen LogP contribution < -0.4 is 4.74 Å². The van der Waals surface area contributed by atoms with Crippen LogP contribution >= 0.6 is 23.2 Å². The lowest BCUT2D eigenvalue weighted by atomic mass is 9.71. The Labute approximate surface area is 203 Å². The zero-order chi connectivity index (χ0) is 25.4. The zero-order valence-electron chi connectivity index (χ0n) is 18.1. The van der Waals surface area contributed by atoms with E-state index in [1.807, 2.05) is 6.07 Å². The summed E-state index contributed by atoms with van der Waals surface area (Å²) in [6.45, 7) is 2.49. The number of ether oxygens (including phenoxy) is 1. The van der Waals surface area contributed by atoms with Crippen LogP contribution in [0.1, 0.15) is 47.1 Å². The molecule has 3 aromatic rings. The van der Waals surface area contributed by atoms with E-state index in [0.717, 1.165) is 19.2 Å². The van der Waals surface area contributed by atoms with Crippen LogP contribution in [-0.4, -0.2) is 26.8 Å². The minimum atomic E-state index is -4.66. The number of nitrogens with zero attached hydrogens (tertiary/aromatic N) is 3. The van der Waals surface area contributed by atoms with Crippen LogP contribution in [0.2, 0.25) is 10.0 Å². The molecular weight excluding hydrogens is 494 g/mol. The quantitative estimate of drug-likeness (QED) is 0.397. The molecule has 0 aliphatic heterocycles. The van der Waals surface area contributed by atoms with E-state index in [2.05, 4.69) is 4.98 Å². The van der Waals surface area contributed by atoms with E-state index in [1.165, 1.54) is 48.9 Å². The molecule has 0 spiro atoms. The van der Waals surface area contributed by atoms with Gasteiger partial charge in [-0.15, -0.1) is 0 Å². The van der Waals surface area contributed by atoms with E-state index < -0.39 is 23.5 Å². The zero-order valence-corrected chi connectivity index (χ0v) is 19.6. The number of halogens is 5. The second-order valence-corrected chi connectivity index (χ2v) is 8.61. The molecule has 1 N–H and O–H groups in total. The molecule has 0 saturated carbocycles. The monoisotopic (exact) mass is 511 g/mol. The molecule has 6 nitrogen and oxygen atoms in total. The van der Waals surface area contributed by atoms with Gasteiger partial charge in [0.05, 0.1) is 5.56 Å². The first-order chi connectivity index (χ1) is 15.8. The summed E-state index contributed by atoms with van der Waals surface area (Å²) in [5, 5.41) is 18.1. The minimum absolute atomic E-state index is 0.0217. The number of carboxylic acid groups (broad SMARTS) is 1. The average molecular weight is 512 g/mol. The summed E-state index contributed by atoms with van der Waals surface area (Å²) in [5.74, 6) is -2.28. The van der Waals surface area contributed by atoms with Crippen molar-refractivity contribution in [1.29, 1.82) is 5.26 Å². The molecule has 0 fully saturated rings. The Morgan fingerprint density at radius 3 is 2.38 bits per heavy atom. The fourth-order valence-electron chi connectivity index (χ4n) is 3.72. The van der Waals surface area contributed by atoms with Gasteiger partial charge in [0, 0.05) is 29.9 Å². The minimum Gasteiger partial charge on any atom is -0.478 e. The maximum absolute atomic E-state index is 14.4. The number of aromatic nitrogens is 2. The molecule has 0 saturated heterocycles. The molecule has 178 valence electrons. The normalized spacial score (nSPS) is 14.2. The summed E-state index contributed by atoms with van der Waals surface area (Å²) in [5.41, 5.74) is -2.25. The number of hydrogen-bond donors (Lipinski definition) is 1. The van der Waals surface area contributed by atoms with Crippen LogP contribution in [0.4, 0.5) is 13.2 Å². The number of carboxylic acids is 1. The van der Waals surface area contributed by atoms with Crippen molar-refractivity contribution < 1.29 is 27.8 Å². The maximum Gasteiger partial charge on any atom is 0.400 e. The van der Waals surface area contributed by atoms with Crippen molar-refractivity contribution in [3.63, 3.8) is 0 Å². The smallest absolute Gasteiger partial charge is 0.400 e. The van der Waals surface area contributed by atoms with Crippen LogP contribution in [0.15, 0.2) is 42.6 Å². The summed E-state index contributed by atoms with van der Waals surface area (Å²) in [4.78, 5) is 14.9.